The number of hydrogen-bond donors (Lipinski definition) is 1. The fourth-order valence-electron chi connectivity index (χ4n) is 3.55. The van der Waals surface area contributed by atoms with Gasteiger partial charge in [0.2, 0.25) is 0 Å². The maximum absolute atomic E-state index is 11.8. The van der Waals surface area contributed by atoms with Gasteiger partial charge >= 0.3 is 0 Å². The molecule has 0 spiro atoms. The molecule has 1 unspecified atom stereocenters. The minimum Gasteiger partial charge on any atom is -0.289 e. The lowest BCUT2D eigenvalue weighted by Gasteiger charge is -2.28. The number of ketones is 1. The van der Waals surface area contributed by atoms with Gasteiger partial charge in [-0.3, -0.25) is 10.2 Å². The maximum atomic E-state index is 11.8. The summed E-state index contributed by atoms with van der Waals surface area (Å²) in [5.41, 5.74) is 6.74. The second kappa shape index (κ2) is 5.51. The van der Waals surface area contributed by atoms with Crippen molar-refractivity contribution in [3.8, 4) is 0 Å². The SMILES string of the molecule is C=CC(=O)c1ccc(C2CNN3CCC2CC3)cc1C. The minimum absolute atomic E-state index is 0.0140. The number of aryl methyl sites for hydroxylation is 1. The summed E-state index contributed by atoms with van der Waals surface area (Å²) in [7, 11) is 0. The van der Waals surface area contributed by atoms with Gasteiger partial charge in [0.15, 0.2) is 5.78 Å². The molecule has 1 aromatic carbocycles. The van der Waals surface area contributed by atoms with Crippen LogP contribution >= 0.6 is 0 Å². The monoisotopic (exact) mass is 270 g/mol. The molecule has 3 aliphatic heterocycles. The molecule has 3 heteroatoms. The summed E-state index contributed by atoms with van der Waals surface area (Å²) in [6, 6.07) is 6.29. The number of rotatable bonds is 3. The van der Waals surface area contributed by atoms with Crippen molar-refractivity contribution >= 4 is 5.78 Å². The summed E-state index contributed by atoms with van der Waals surface area (Å²) in [5.74, 6) is 1.34. The Morgan fingerprint density at radius 3 is 2.80 bits per heavy atom. The van der Waals surface area contributed by atoms with E-state index >= 15 is 0 Å². The van der Waals surface area contributed by atoms with Gasteiger partial charge in [-0.1, -0.05) is 24.8 Å². The predicted octanol–water partition coefficient (Wildman–Crippen LogP) is 2.68. The van der Waals surface area contributed by atoms with Crippen LogP contribution in [0.3, 0.4) is 0 Å². The van der Waals surface area contributed by atoms with E-state index in [-0.39, 0.29) is 5.78 Å². The first-order valence-corrected chi connectivity index (χ1v) is 7.45. The van der Waals surface area contributed by atoms with Crippen LogP contribution in [0, 0.1) is 12.8 Å². The molecule has 3 heterocycles. The molecule has 3 nitrogen and oxygen atoms in total. The largest absolute Gasteiger partial charge is 0.289 e. The Balaban J connectivity index is 1.88. The van der Waals surface area contributed by atoms with Crippen molar-refractivity contribution in [3.63, 3.8) is 0 Å². The van der Waals surface area contributed by atoms with Crippen molar-refractivity contribution in [1.82, 2.24) is 10.4 Å². The highest BCUT2D eigenvalue weighted by Crippen LogP contribution is 2.35. The molecule has 106 valence electrons. The number of piperidine rings is 1. The zero-order valence-corrected chi connectivity index (χ0v) is 12.1. The molecular formula is C17H22N2O. The van der Waals surface area contributed by atoms with Crippen LogP contribution in [-0.2, 0) is 0 Å². The smallest absolute Gasteiger partial charge is 0.185 e. The second-order valence-corrected chi connectivity index (χ2v) is 5.94. The van der Waals surface area contributed by atoms with Gasteiger partial charge in [-0.2, -0.15) is 0 Å². The summed E-state index contributed by atoms with van der Waals surface area (Å²) < 4.78 is 0. The first kappa shape index (κ1) is 13.5. The van der Waals surface area contributed by atoms with E-state index in [2.05, 4.69) is 29.1 Å². The zero-order valence-electron chi connectivity index (χ0n) is 12.1. The lowest BCUT2D eigenvalue weighted by molar-refractivity contribution is 0.104. The van der Waals surface area contributed by atoms with Crippen LogP contribution in [-0.4, -0.2) is 30.4 Å². The summed E-state index contributed by atoms with van der Waals surface area (Å²) in [6.45, 7) is 8.92. The number of nitrogens with one attached hydrogen (secondary N) is 1. The van der Waals surface area contributed by atoms with E-state index in [0.717, 1.165) is 36.7 Å². The van der Waals surface area contributed by atoms with E-state index in [4.69, 9.17) is 0 Å². The van der Waals surface area contributed by atoms with Crippen molar-refractivity contribution in [2.45, 2.75) is 25.7 Å². The minimum atomic E-state index is 0.0140. The summed E-state index contributed by atoms with van der Waals surface area (Å²) in [5, 5.41) is 2.35. The Morgan fingerprint density at radius 2 is 2.15 bits per heavy atom. The molecule has 0 aromatic heterocycles. The third-order valence-electron chi connectivity index (χ3n) is 4.77. The van der Waals surface area contributed by atoms with Gasteiger partial charge < -0.3 is 0 Å². The standard InChI is InChI=1S/C17H22N2O/c1-3-17(20)15-5-4-14(10-12(15)2)16-11-18-19-8-6-13(16)7-9-19/h3-5,10,13,16,18H,1,6-9,11H2,2H3. The number of carbonyl (C=O) groups excluding carboxylic acids is 1. The molecule has 0 saturated carbocycles. The molecule has 1 N–H and O–H groups in total. The van der Waals surface area contributed by atoms with Gasteiger partial charge in [0, 0.05) is 31.1 Å². The van der Waals surface area contributed by atoms with Crippen LogP contribution in [0.5, 0.6) is 0 Å². The van der Waals surface area contributed by atoms with Crippen molar-refractivity contribution in [1.29, 1.82) is 0 Å². The quantitative estimate of drug-likeness (QED) is 0.677. The Morgan fingerprint density at radius 1 is 1.40 bits per heavy atom. The summed E-state index contributed by atoms with van der Waals surface area (Å²) >= 11 is 0. The topological polar surface area (TPSA) is 32.3 Å². The van der Waals surface area contributed by atoms with E-state index < -0.39 is 0 Å². The highest BCUT2D eigenvalue weighted by Gasteiger charge is 2.31. The average molecular weight is 270 g/mol. The van der Waals surface area contributed by atoms with Crippen molar-refractivity contribution in [2.75, 3.05) is 19.6 Å². The number of carbonyl (C=O) groups is 1. The molecule has 0 amide bonds. The fraction of sp³-hybridized carbons (Fsp3) is 0.471. The first-order valence-electron chi connectivity index (χ1n) is 7.45. The number of benzene rings is 1. The Bertz CT molecular complexity index is 530. The molecule has 2 bridgehead atoms. The second-order valence-electron chi connectivity index (χ2n) is 5.94. The van der Waals surface area contributed by atoms with Crippen molar-refractivity contribution < 1.29 is 4.79 Å². The van der Waals surface area contributed by atoms with Gasteiger partial charge in [0.05, 0.1) is 0 Å². The number of nitrogens with zero attached hydrogens (tertiary/aromatic N) is 1. The number of fused-ring (bicyclic) bond motifs is 4. The van der Waals surface area contributed by atoms with Crippen LogP contribution < -0.4 is 5.43 Å². The van der Waals surface area contributed by atoms with Crippen LogP contribution in [0.1, 0.15) is 40.2 Å². The van der Waals surface area contributed by atoms with Crippen LogP contribution in [0.4, 0.5) is 0 Å². The molecular weight excluding hydrogens is 248 g/mol. The lowest BCUT2D eigenvalue weighted by atomic mass is 9.80. The van der Waals surface area contributed by atoms with Gasteiger partial charge in [-0.15, -0.1) is 0 Å². The molecule has 3 aliphatic rings. The van der Waals surface area contributed by atoms with E-state index in [1.54, 1.807) is 0 Å². The number of allylic oxidation sites excluding steroid dienone is 1. The molecule has 20 heavy (non-hydrogen) atoms. The van der Waals surface area contributed by atoms with Crippen LogP contribution in [0.15, 0.2) is 30.9 Å². The van der Waals surface area contributed by atoms with Gasteiger partial charge in [0.25, 0.3) is 0 Å². The fourth-order valence-corrected chi connectivity index (χ4v) is 3.55. The van der Waals surface area contributed by atoms with Crippen molar-refractivity contribution in [3.05, 3.63) is 47.5 Å². The predicted molar refractivity (Wildman–Crippen MR) is 80.7 cm³/mol. The average Bonchev–Trinajstić information content (AvgIpc) is 2.80. The highest BCUT2D eigenvalue weighted by atomic mass is 16.1. The molecule has 0 aliphatic carbocycles. The third-order valence-corrected chi connectivity index (χ3v) is 4.77. The van der Waals surface area contributed by atoms with Crippen LogP contribution in [0.25, 0.3) is 0 Å². The molecule has 0 radical (unpaired) electrons. The van der Waals surface area contributed by atoms with E-state index in [1.807, 2.05) is 13.0 Å². The van der Waals surface area contributed by atoms with Gasteiger partial charge in [0.1, 0.15) is 0 Å². The van der Waals surface area contributed by atoms with Gasteiger partial charge in [-0.25, -0.2) is 5.01 Å². The van der Waals surface area contributed by atoms with E-state index in [9.17, 15) is 4.79 Å². The molecule has 1 aromatic rings. The Hall–Kier alpha value is -1.45. The molecule has 1 atom stereocenters. The Kier molecular flexibility index (Phi) is 3.72. The number of hydrazine groups is 1. The van der Waals surface area contributed by atoms with E-state index in [0.29, 0.717) is 5.92 Å². The molecule has 4 rings (SSSR count). The molecule has 3 saturated heterocycles. The highest BCUT2D eigenvalue weighted by molar-refractivity contribution is 6.05. The summed E-state index contributed by atoms with van der Waals surface area (Å²) in [6.07, 6.45) is 3.93. The number of hydrogen-bond acceptors (Lipinski definition) is 3. The maximum Gasteiger partial charge on any atom is 0.185 e. The normalized spacial score (nSPS) is 28.9. The van der Waals surface area contributed by atoms with Crippen molar-refractivity contribution in [2.24, 2.45) is 5.92 Å². The van der Waals surface area contributed by atoms with Crippen LogP contribution in [0.2, 0.25) is 0 Å². The molecule has 3 fully saturated rings. The summed E-state index contributed by atoms with van der Waals surface area (Å²) in [4.78, 5) is 11.8. The Labute approximate surface area is 120 Å². The third kappa shape index (κ3) is 2.43. The lowest BCUT2D eigenvalue weighted by Crippen LogP contribution is -2.39. The van der Waals surface area contributed by atoms with E-state index in [1.165, 1.54) is 24.5 Å². The van der Waals surface area contributed by atoms with Gasteiger partial charge in [-0.05, 0) is 42.9 Å². The first-order chi connectivity index (χ1) is 9.69. The zero-order chi connectivity index (χ0) is 14.1.